The molecular weight excluding hydrogens is 213 g/mol. The van der Waals surface area contributed by atoms with Crippen LogP contribution in [0, 0.1) is 11.2 Å². The molecule has 0 spiro atoms. The topological polar surface area (TPSA) is 12.0 Å². The summed E-state index contributed by atoms with van der Waals surface area (Å²) in [5.74, 6) is 0.434. The SMILES string of the molecule is CC(C)(CCl)CNCc1ccc(F)cc1. The zero-order valence-electron chi connectivity index (χ0n) is 9.19. The minimum atomic E-state index is -0.195. The summed E-state index contributed by atoms with van der Waals surface area (Å²) in [5.41, 5.74) is 1.18. The molecule has 84 valence electrons. The third-order valence-electron chi connectivity index (χ3n) is 2.21. The Hall–Kier alpha value is -0.600. The predicted molar refractivity (Wildman–Crippen MR) is 62.6 cm³/mol. The van der Waals surface area contributed by atoms with Crippen LogP contribution in [0.4, 0.5) is 4.39 Å². The van der Waals surface area contributed by atoms with Crippen LogP contribution in [-0.2, 0) is 6.54 Å². The molecule has 15 heavy (non-hydrogen) atoms. The minimum absolute atomic E-state index is 0.0988. The number of rotatable bonds is 5. The van der Waals surface area contributed by atoms with E-state index in [1.165, 1.54) is 12.1 Å². The molecule has 3 heteroatoms. The lowest BCUT2D eigenvalue weighted by Gasteiger charge is -2.21. The molecule has 1 nitrogen and oxygen atoms in total. The molecule has 0 saturated heterocycles. The van der Waals surface area contributed by atoms with Gasteiger partial charge in [0, 0.05) is 19.0 Å². The zero-order valence-corrected chi connectivity index (χ0v) is 9.94. The number of benzene rings is 1. The summed E-state index contributed by atoms with van der Waals surface area (Å²) < 4.78 is 12.6. The van der Waals surface area contributed by atoms with E-state index in [9.17, 15) is 4.39 Å². The Morgan fingerprint density at radius 3 is 2.40 bits per heavy atom. The lowest BCUT2D eigenvalue weighted by atomic mass is 9.96. The quantitative estimate of drug-likeness (QED) is 0.765. The predicted octanol–water partition coefficient (Wildman–Crippen LogP) is 3.18. The molecule has 1 aromatic carbocycles. The van der Waals surface area contributed by atoms with Crippen LogP contribution in [0.3, 0.4) is 0 Å². The van der Waals surface area contributed by atoms with Gasteiger partial charge in [-0.05, 0) is 23.1 Å². The third kappa shape index (κ3) is 4.63. The molecule has 0 saturated carbocycles. The summed E-state index contributed by atoms with van der Waals surface area (Å²) in [6, 6.07) is 6.53. The lowest BCUT2D eigenvalue weighted by molar-refractivity contribution is 0.385. The van der Waals surface area contributed by atoms with Gasteiger partial charge < -0.3 is 5.32 Å². The standard InChI is InChI=1S/C12H17ClFN/c1-12(2,8-13)9-15-7-10-3-5-11(14)6-4-10/h3-6,15H,7-9H2,1-2H3. The second-order valence-corrected chi connectivity index (χ2v) is 4.80. The molecule has 0 fully saturated rings. The molecule has 0 aliphatic heterocycles. The molecule has 0 atom stereocenters. The fraction of sp³-hybridized carbons (Fsp3) is 0.500. The highest BCUT2D eigenvalue weighted by molar-refractivity contribution is 6.18. The number of alkyl halides is 1. The normalized spacial score (nSPS) is 11.7. The lowest BCUT2D eigenvalue weighted by Crippen LogP contribution is -2.30. The van der Waals surface area contributed by atoms with Gasteiger partial charge in [0.2, 0.25) is 0 Å². The van der Waals surface area contributed by atoms with Crippen LogP contribution in [0.5, 0.6) is 0 Å². The van der Waals surface area contributed by atoms with Crippen LogP contribution >= 0.6 is 11.6 Å². The molecule has 0 radical (unpaired) electrons. The summed E-state index contributed by atoms with van der Waals surface area (Å²) >= 11 is 5.81. The van der Waals surface area contributed by atoms with Crippen molar-refractivity contribution in [2.24, 2.45) is 5.41 Å². The highest BCUT2D eigenvalue weighted by Gasteiger charge is 2.15. The first kappa shape index (κ1) is 12.5. The number of halogens is 2. The average Bonchev–Trinajstić information content (AvgIpc) is 2.21. The van der Waals surface area contributed by atoms with Crippen molar-refractivity contribution >= 4 is 11.6 Å². The fourth-order valence-corrected chi connectivity index (χ4v) is 1.29. The van der Waals surface area contributed by atoms with Crippen molar-refractivity contribution in [3.8, 4) is 0 Å². The van der Waals surface area contributed by atoms with Crippen molar-refractivity contribution in [2.75, 3.05) is 12.4 Å². The van der Waals surface area contributed by atoms with Crippen molar-refractivity contribution in [1.82, 2.24) is 5.32 Å². The minimum Gasteiger partial charge on any atom is -0.312 e. The first-order chi connectivity index (χ1) is 7.03. The number of hydrogen-bond acceptors (Lipinski definition) is 1. The summed E-state index contributed by atoms with van der Waals surface area (Å²) in [4.78, 5) is 0. The second-order valence-electron chi connectivity index (χ2n) is 4.53. The van der Waals surface area contributed by atoms with Gasteiger partial charge in [-0.3, -0.25) is 0 Å². The van der Waals surface area contributed by atoms with E-state index in [0.717, 1.165) is 18.7 Å². The van der Waals surface area contributed by atoms with Crippen molar-refractivity contribution in [3.63, 3.8) is 0 Å². The van der Waals surface area contributed by atoms with Crippen LogP contribution in [0.2, 0.25) is 0 Å². The Morgan fingerprint density at radius 2 is 1.87 bits per heavy atom. The van der Waals surface area contributed by atoms with Gasteiger partial charge in [-0.2, -0.15) is 0 Å². The van der Waals surface area contributed by atoms with Crippen molar-refractivity contribution in [2.45, 2.75) is 20.4 Å². The monoisotopic (exact) mass is 229 g/mol. The van der Waals surface area contributed by atoms with Crippen molar-refractivity contribution in [1.29, 1.82) is 0 Å². The van der Waals surface area contributed by atoms with Crippen LogP contribution < -0.4 is 5.32 Å². The van der Waals surface area contributed by atoms with E-state index in [2.05, 4.69) is 19.2 Å². The highest BCUT2D eigenvalue weighted by Crippen LogP contribution is 2.15. The Balaban J connectivity index is 2.35. The largest absolute Gasteiger partial charge is 0.312 e. The van der Waals surface area contributed by atoms with E-state index in [1.807, 2.05) is 0 Å². The molecule has 0 aromatic heterocycles. The Morgan fingerprint density at radius 1 is 1.27 bits per heavy atom. The Bertz CT molecular complexity index is 295. The Kier molecular flexibility index (Phi) is 4.55. The molecule has 0 unspecified atom stereocenters. The van der Waals surface area contributed by atoms with Gasteiger partial charge >= 0.3 is 0 Å². The second kappa shape index (κ2) is 5.47. The first-order valence-electron chi connectivity index (χ1n) is 5.05. The Labute approximate surface area is 95.6 Å². The maximum atomic E-state index is 12.6. The highest BCUT2D eigenvalue weighted by atomic mass is 35.5. The first-order valence-corrected chi connectivity index (χ1v) is 5.58. The molecular formula is C12H17ClFN. The molecule has 0 bridgehead atoms. The van der Waals surface area contributed by atoms with Gasteiger partial charge in [0.05, 0.1) is 0 Å². The zero-order chi connectivity index (χ0) is 11.3. The van der Waals surface area contributed by atoms with E-state index in [0.29, 0.717) is 5.88 Å². The van der Waals surface area contributed by atoms with Gasteiger partial charge in [-0.25, -0.2) is 4.39 Å². The van der Waals surface area contributed by atoms with Gasteiger partial charge in [0.25, 0.3) is 0 Å². The van der Waals surface area contributed by atoms with E-state index < -0.39 is 0 Å². The van der Waals surface area contributed by atoms with E-state index in [-0.39, 0.29) is 11.2 Å². The fourth-order valence-electron chi connectivity index (χ4n) is 1.19. The van der Waals surface area contributed by atoms with Crippen molar-refractivity contribution in [3.05, 3.63) is 35.6 Å². The van der Waals surface area contributed by atoms with Crippen LogP contribution in [0.25, 0.3) is 0 Å². The maximum absolute atomic E-state index is 12.6. The maximum Gasteiger partial charge on any atom is 0.123 e. The molecule has 0 amide bonds. The summed E-state index contributed by atoms with van der Waals surface area (Å²) in [5, 5.41) is 3.31. The van der Waals surface area contributed by atoms with E-state index in [1.54, 1.807) is 12.1 Å². The molecule has 0 aliphatic rings. The smallest absolute Gasteiger partial charge is 0.123 e. The van der Waals surface area contributed by atoms with Gasteiger partial charge in [0.1, 0.15) is 5.82 Å². The van der Waals surface area contributed by atoms with E-state index in [4.69, 9.17) is 11.6 Å². The van der Waals surface area contributed by atoms with Crippen LogP contribution in [0.1, 0.15) is 19.4 Å². The molecule has 1 aromatic rings. The van der Waals surface area contributed by atoms with E-state index >= 15 is 0 Å². The van der Waals surface area contributed by atoms with Gasteiger partial charge in [0.15, 0.2) is 0 Å². The third-order valence-corrected chi connectivity index (χ3v) is 2.93. The average molecular weight is 230 g/mol. The molecule has 0 aliphatic carbocycles. The number of hydrogen-bond donors (Lipinski definition) is 1. The molecule has 1 N–H and O–H groups in total. The van der Waals surface area contributed by atoms with Gasteiger partial charge in [-0.15, -0.1) is 11.6 Å². The van der Waals surface area contributed by atoms with Crippen molar-refractivity contribution < 1.29 is 4.39 Å². The summed E-state index contributed by atoms with van der Waals surface area (Å²) in [6.07, 6.45) is 0. The summed E-state index contributed by atoms with van der Waals surface area (Å²) in [6.45, 7) is 5.82. The van der Waals surface area contributed by atoms with Crippen LogP contribution in [-0.4, -0.2) is 12.4 Å². The number of nitrogens with one attached hydrogen (secondary N) is 1. The molecule has 0 heterocycles. The molecule has 1 rings (SSSR count). The summed E-state index contributed by atoms with van der Waals surface area (Å²) in [7, 11) is 0. The van der Waals surface area contributed by atoms with Gasteiger partial charge in [-0.1, -0.05) is 26.0 Å². The van der Waals surface area contributed by atoms with Crippen LogP contribution in [0.15, 0.2) is 24.3 Å².